The molecule has 0 aliphatic rings. The number of ether oxygens (including phenoxy) is 1. The minimum atomic E-state index is 0.795. The van der Waals surface area contributed by atoms with Crippen molar-refractivity contribution in [3.63, 3.8) is 0 Å². The standard InChI is InChI=1S/C12H15N3O/c1-13-12-14-8-10(15-12)7-9-3-5-11(16-2)6-4-9/h3-6,8H,7H2,1-2H3,(H2,13,14,15). The van der Waals surface area contributed by atoms with E-state index in [0.717, 1.165) is 23.8 Å². The molecular weight excluding hydrogens is 202 g/mol. The topological polar surface area (TPSA) is 49.9 Å². The van der Waals surface area contributed by atoms with Crippen molar-refractivity contribution in [1.82, 2.24) is 9.97 Å². The number of H-pyrrole nitrogens is 1. The van der Waals surface area contributed by atoms with E-state index in [0.29, 0.717) is 0 Å². The summed E-state index contributed by atoms with van der Waals surface area (Å²) < 4.78 is 5.11. The van der Waals surface area contributed by atoms with E-state index in [2.05, 4.69) is 27.4 Å². The fourth-order valence-corrected chi connectivity index (χ4v) is 1.54. The van der Waals surface area contributed by atoms with E-state index < -0.39 is 0 Å². The van der Waals surface area contributed by atoms with E-state index in [9.17, 15) is 0 Å². The smallest absolute Gasteiger partial charge is 0.200 e. The summed E-state index contributed by atoms with van der Waals surface area (Å²) in [6, 6.07) is 8.03. The van der Waals surface area contributed by atoms with Crippen LogP contribution in [0.2, 0.25) is 0 Å². The SMILES string of the molecule is CNc1ncc(Cc2ccc(OC)cc2)[nH]1. The van der Waals surface area contributed by atoms with Crippen LogP contribution in [0.25, 0.3) is 0 Å². The van der Waals surface area contributed by atoms with E-state index in [1.807, 2.05) is 25.4 Å². The van der Waals surface area contributed by atoms with Crippen molar-refractivity contribution in [3.05, 3.63) is 41.7 Å². The molecule has 0 bridgehead atoms. The van der Waals surface area contributed by atoms with Crippen molar-refractivity contribution in [2.24, 2.45) is 0 Å². The van der Waals surface area contributed by atoms with Crippen molar-refractivity contribution in [1.29, 1.82) is 0 Å². The third-order valence-corrected chi connectivity index (χ3v) is 2.42. The number of nitrogens with zero attached hydrogens (tertiary/aromatic N) is 1. The number of anilines is 1. The fraction of sp³-hybridized carbons (Fsp3) is 0.250. The predicted octanol–water partition coefficient (Wildman–Crippen LogP) is 2.05. The maximum absolute atomic E-state index is 5.11. The largest absolute Gasteiger partial charge is 0.497 e. The summed E-state index contributed by atoms with van der Waals surface area (Å²) in [6.45, 7) is 0. The van der Waals surface area contributed by atoms with Gasteiger partial charge in [0.1, 0.15) is 5.75 Å². The number of methoxy groups -OCH3 is 1. The van der Waals surface area contributed by atoms with Gasteiger partial charge in [-0.25, -0.2) is 4.98 Å². The highest BCUT2D eigenvalue weighted by Gasteiger charge is 2.00. The molecule has 1 heterocycles. The van der Waals surface area contributed by atoms with Crippen LogP contribution in [0.4, 0.5) is 5.95 Å². The first-order valence-electron chi connectivity index (χ1n) is 5.16. The van der Waals surface area contributed by atoms with E-state index in [4.69, 9.17) is 4.74 Å². The zero-order valence-electron chi connectivity index (χ0n) is 9.45. The molecule has 0 atom stereocenters. The van der Waals surface area contributed by atoms with Gasteiger partial charge in [-0.1, -0.05) is 12.1 Å². The number of nitrogens with one attached hydrogen (secondary N) is 2. The quantitative estimate of drug-likeness (QED) is 0.824. The second-order valence-electron chi connectivity index (χ2n) is 3.53. The summed E-state index contributed by atoms with van der Waals surface area (Å²) in [5.41, 5.74) is 2.32. The van der Waals surface area contributed by atoms with E-state index in [-0.39, 0.29) is 0 Å². The molecule has 2 N–H and O–H groups in total. The van der Waals surface area contributed by atoms with Gasteiger partial charge in [-0.15, -0.1) is 0 Å². The number of hydrogen-bond donors (Lipinski definition) is 2. The molecule has 0 amide bonds. The van der Waals surface area contributed by atoms with Gasteiger partial charge in [-0.2, -0.15) is 0 Å². The van der Waals surface area contributed by atoms with Crippen LogP contribution in [0.5, 0.6) is 5.75 Å². The first-order valence-corrected chi connectivity index (χ1v) is 5.16. The van der Waals surface area contributed by atoms with Crippen molar-refractivity contribution < 1.29 is 4.74 Å². The van der Waals surface area contributed by atoms with Crippen LogP contribution in [0.1, 0.15) is 11.3 Å². The van der Waals surface area contributed by atoms with Gasteiger partial charge < -0.3 is 15.0 Å². The second kappa shape index (κ2) is 4.70. The van der Waals surface area contributed by atoms with Crippen LogP contribution in [-0.4, -0.2) is 24.1 Å². The number of aromatic amines is 1. The highest BCUT2D eigenvalue weighted by Crippen LogP contribution is 2.14. The number of hydrogen-bond acceptors (Lipinski definition) is 3. The Hall–Kier alpha value is -1.97. The maximum Gasteiger partial charge on any atom is 0.200 e. The normalized spacial score (nSPS) is 10.1. The molecule has 84 valence electrons. The summed E-state index contributed by atoms with van der Waals surface area (Å²) in [4.78, 5) is 7.36. The lowest BCUT2D eigenvalue weighted by Crippen LogP contribution is -1.91. The summed E-state index contributed by atoms with van der Waals surface area (Å²) in [5.74, 6) is 1.67. The molecular formula is C12H15N3O. The van der Waals surface area contributed by atoms with Gasteiger partial charge in [-0.3, -0.25) is 0 Å². The zero-order chi connectivity index (χ0) is 11.4. The van der Waals surface area contributed by atoms with Gasteiger partial charge in [0, 0.05) is 19.2 Å². The molecule has 0 aliphatic carbocycles. The second-order valence-corrected chi connectivity index (χ2v) is 3.53. The lowest BCUT2D eigenvalue weighted by atomic mass is 10.1. The van der Waals surface area contributed by atoms with E-state index in [1.54, 1.807) is 7.11 Å². The summed E-state index contributed by atoms with van der Waals surface area (Å²) in [6.07, 6.45) is 2.69. The molecule has 0 radical (unpaired) electrons. The van der Waals surface area contributed by atoms with Gasteiger partial charge in [0.15, 0.2) is 5.95 Å². The first-order chi connectivity index (χ1) is 7.81. The number of imidazole rings is 1. The minimum Gasteiger partial charge on any atom is -0.497 e. The Morgan fingerprint density at radius 1 is 1.31 bits per heavy atom. The van der Waals surface area contributed by atoms with Gasteiger partial charge in [0.05, 0.1) is 13.3 Å². The van der Waals surface area contributed by atoms with Crippen molar-refractivity contribution in [2.75, 3.05) is 19.5 Å². The summed E-state index contributed by atoms with van der Waals surface area (Å²) in [7, 11) is 3.51. The fourth-order valence-electron chi connectivity index (χ4n) is 1.54. The van der Waals surface area contributed by atoms with Gasteiger partial charge in [-0.05, 0) is 17.7 Å². The Morgan fingerprint density at radius 3 is 2.62 bits per heavy atom. The molecule has 0 saturated heterocycles. The molecule has 1 aromatic heterocycles. The Kier molecular flexibility index (Phi) is 3.10. The highest BCUT2D eigenvalue weighted by molar-refractivity contribution is 5.31. The number of rotatable bonds is 4. The molecule has 4 heteroatoms. The monoisotopic (exact) mass is 217 g/mol. The molecule has 0 saturated carbocycles. The first kappa shape index (κ1) is 10.5. The van der Waals surface area contributed by atoms with Crippen molar-refractivity contribution >= 4 is 5.95 Å². The number of aromatic nitrogens is 2. The maximum atomic E-state index is 5.11. The Morgan fingerprint density at radius 2 is 2.06 bits per heavy atom. The average Bonchev–Trinajstić information content (AvgIpc) is 2.78. The van der Waals surface area contributed by atoms with Crippen LogP contribution in [0, 0.1) is 0 Å². The number of benzene rings is 1. The zero-order valence-corrected chi connectivity index (χ0v) is 9.45. The molecule has 0 spiro atoms. The predicted molar refractivity (Wildman–Crippen MR) is 63.9 cm³/mol. The van der Waals surface area contributed by atoms with Gasteiger partial charge >= 0.3 is 0 Å². The van der Waals surface area contributed by atoms with Crippen molar-refractivity contribution in [3.8, 4) is 5.75 Å². The highest BCUT2D eigenvalue weighted by atomic mass is 16.5. The van der Waals surface area contributed by atoms with Gasteiger partial charge in [0.25, 0.3) is 0 Å². The lowest BCUT2D eigenvalue weighted by molar-refractivity contribution is 0.414. The van der Waals surface area contributed by atoms with Crippen LogP contribution in [0.3, 0.4) is 0 Å². The summed E-state index contributed by atoms with van der Waals surface area (Å²) in [5, 5.41) is 2.96. The molecule has 2 rings (SSSR count). The molecule has 16 heavy (non-hydrogen) atoms. The Balaban J connectivity index is 2.08. The Labute approximate surface area is 94.7 Å². The Bertz CT molecular complexity index is 448. The lowest BCUT2D eigenvalue weighted by Gasteiger charge is -2.01. The van der Waals surface area contributed by atoms with Crippen LogP contribution in [-0.2, 0) is 6.42 Å². The van der Waals surface area contributed by atoms with E-state index in [1.165, 1.54) is 5.56 Å². The molecule has 0 unspecified atom stereocenters. The average molecular weight is 217 g/mol. The van der Waals surface area contributed by atoms with Crippen LogP contribution in [0.15, 0.2) is 30.5 Å². The van der Waals surface area contributed by atoms with Crippen LogP contribution >= 0.6 is 0 Å². The van der Waals surface area contributed by atoms with Gasteiger partial charge in [0.2, 0.25) is 0 Å². The molecule has 0 fully saturated rings. The molecule has 0 aliphatic heterocycles. The third kappa shape index (κ3) is 2.34. The summed E-state index contributed by atoms with van der Waals surface area (Å²) >= 11 is 0. The van der Waals surface area contributed by atoms with Crippen molar-refractivity contribution in [2.45, 2.75) is 6.42 Å². The van der Waals surface area contributed by atoms with Crippen LogP contribution < -0.4 is 10.1 Å². The third-order valence-electron chi connectivity index (χ3n) is 2.42. The molecule has 4 nitrogen and oxygen atoms in total. The molecule has 2 aromatic rings. The van der Waals surface area contributed by atoms with E-state index >= 15 is 0 Å². The minimum absolute atomic E-state index is 0.795. The molecule has 1 aromatic carbocycles.